The molecule has 3 saturated carbocycles. The van der Waals surface area contributed by atoms with E-state index in [-0.39, 0.29) is 25.2 Å². The molecule has 14 heteroatoms. The topological polar surface area (TPSA) is 164 Å². The molecule has 0 aliphatic heterocycles. The van der Waals surface area contributed by atoms with Gasteiger partial charge in [-0.15, -0.1) is 24.5 Å². The van der Waals surface area contributed by atoms with E-state index in [2.05, 4.69) is 33.5 Å². The van der Waals surface area contributed by atoms with E-state index >= 15 is 0 Å². The number of hydrogen-bond donors (Lipinski definition) is 3. The van der Waals surface area contributed by atoms with Crippen LogP contribution in [0.1, 0.15) is 56.9 Å². The minimum atomic E-state index is -3.85. The maximum atomic E-state index is 13.9. The van der Waals surface area contributed by atoms with E-state index in [4.69, 9.17) is 4.74 Å². The smallest absolute Gasteiger partial charge is 0.411 e. The van der Waals surface area contributed by atoms with Crippen molar-refractivity contribution < 1.29 is 32.3 Å². The van der Waals surface area contributed by atoms with Gasteiger partial charge in [0.05, 0.1) is 22.8 Å². The number of benzene rings is 1. The largest absolute Gasteiger partial charge is 0.446 e. The van der Waals surface area contributed by atoms with E-state index in [9.17, 15) is 27.6 Å². The summed E-state index contributed by atoms with van der Waals surface area (Å²) in [6.07, 6.45) is 7.22. The first-order chi connectivity index (χ1) is 22.9. The van der Waals surface area contributed by atoms with Gasteiger partial charge in [-0.3, -0.25) is 24.4 Å². The maximum absolute atomic E-state index is 13.9. The second-order valence-corrected chi connectivity index (χ2v) is 15.8. The average Bonchev–Trinajstić information content (AvgIpc) is 3.92. The summed E-state index contributed by atoms with van der Waals surface area (Å²) in [5, 5.41) is 7.55. The van der Waals surface area contributed by atoms with Crippen molar-refractivity contribution in [3.63, 3.8) is 0 Å². The van der Waals surface area contributed by atoms with Crippen molar-refractivity contribution in [2.75, 3.05) is 18.9 Å². The van der Waals surface area contributed by atoms with Crippen LogP contribution < -0.4 is 15.4 Å². The number of sulfonamides is 1. The second kappa shape index (κ2) is 14.6. The zero-order valence-electron chi connectivity index (χ0n) is 27.3. The van der Waals surface area contributed by atoms with Gasteiger partial charge in [-0.05, 0) is 76.0 Å². The minimum absolute atomic E-state index is 0.0456. The molecule has 0 saturated heterocycles. The number of amides is 4. The number of nitrogens with zero attached hydrogens (tertiary/aromatic N) is 2. The van der Waals surface area contributed by atoms with E-state index in [0.29, 0.717) is 25.1 Å². The van der Waals surface area contributed by atoms with Gasteiger partial charge in [0, 0.05) is 36.7 Å². The molecule has 3 aliphatic rings. The second-order valence-electron chi connectivity index (χ2n) is 12.9. The molecule has 0 unspecified atom stereocenters. The number of carbonyl (C=O) groups is 4. The minimum Gasteiger partial charge on any atom is -0.446 e. The molecule has 0 spiro atoms. The van der Waals surface area contributed by atoms with Crippen molar-refractivity contribution in [1.29, 1.82) is 0 Å². The van der Waals surface area contributed by atoms with Gasteiger partial charge in [0.25, 0.3) is 5.91 Å². The predicted molar refractivity (Wildman–Crippen MR) is 183 cm³/mol. The van der Waals surface area contributed by atoms with Gasteiger partial charge in [-0.1, -0.05) is 18.2 Å². The molecule has 12 nitrogen and oxygen atoms in total. The van der Waals surface area contributed by atoms with Crippen molar-refractivity contribution in [2.24, 2.45) is 17.8 Å². The summed E-state index contributed by atoms with van der Waals surface area (Å²) < 4.78 is 33.1. The van der Waals surface area contributed by atoms with Crippen LogP contribution >= 0.6 is 11.3 Å². The number of rotatable bonds is 15. The number of hydrogen-bond acceptors (Lipinski definition) is 9. The Bertz CT molecular complexity index is 1670. The lowest BCUT2D eigenvalue weighted by Crippen LogP contribution is -2.54. The van der Waals surface area contributed by atoms with Crippen LogP contribution in [-0.4, -0.2) is 72.6 Å². The Balaban J connectivity index is 1.31. The van der Waals surface area contributed by atoms with Gasteiger partial charge in [0.2, 0.25) is 21.8 Å². The number of aryl methyl sites for hydroxylation is 1. The van der Waals surface area contributed by atoms with Gasteiger partial charge >= 0.3 is 6.09 Å². The molecule has 5 rings (SSSR count). The summed E-state index contributed by atoms with van der Waals surface area (Å²) in [6, 6.07) is 5.61. The quantitative estimate of drug-likeness (QED) is 0.180. The van der Waals surface area contributed by atoms with Crippen LogP contribution in [0.25, 0.3) is 10.6 Å². The number of allylic oxidation sites excluding steroid dienone is 1. The fourth-order valence-electron chi connectivity index (χ4n) is 6.30. The maximum Gasteiger partial charge on any atom is 0.411 e. The van der Waals surface area contributed by atoms with Crippen LogP contribution in [0.5, 0.6) is 0 Å². The molecule has 0 bridgehead atoms. The molecule has 5 atom stereocenters. The number of unbranched alkanes of at least 4 members (excludes halogenated alkanes) is 2. The van der Waals surface area contributed by atoms with E-state index in [1.165, 1.54) is 17.4 Å². The summed E-state index contributed by atoms with van der Waals surface area (Å²) >= 11 is 1.43. The van der Waals surface area contributed by atoms with Crippen molar-refractivity contribution in [3.05, 3.63) is 60.6 Å². The van der Waals surface area contributed by atoms with E-state index in [1.807, 2.05) is 36.6 Å². The monoisotopic (exact) mass is 697 g/mol. The highest BCUT2D eigenvalue weighted by Crippen LogP contribution is 2.46. The summed E-state index contributed by atoms with van der Waals surface area (Å²) in [4.78, 5) is 60.1. The lowest BCUT2D eigenvalue weighted by molar-refractivity contribution is -0.140. The molecule has 1 aromatic carbocycles. The Morgan fingerprint density at radius 1 is 1.15 bits per heavy atom. The first-order valence-corrected chi connectivity index (χ1v) is 18.7. The number of thiazole rings is 1. The first kappa shape index (κ1) is 35.3. The van der Waals surface area contributed by atoms with Crippen molar-refractivity contribution >= 4 is 50.9 Å². The Hall–Kier alpha value is -4.04. The first-order valence-electron chi connectivity index (χ1n) is 16.2. The van der Waals surface area contributed by atoms with Gasteiger partial charge < -0.3 is 15.0 Å². The molecule has 258 valence electrons. The summed E-state index contributed by atoms with van der Waals surface area (Å²) in [6.45, 7) is 9.85. The molecular weight excluding hydrogens is 655 g/mol. The molecule has 3 N–H and O–H groups in total. The van der Waals surface area contributed by atoms with Crippen molar-refractivity contribution in [2.45, 2.75) is 75.2 Å². The van der Waals surface area contributed by atoms with Crippen LogP contribution in [-0.2, 0) is 29.1 Å². The molecule has 4 amide bonds. The normalized spacial score (nSPS) is 24.6. The Kier molecular flexibility index (Phi) is 10.7. The van der Waals surface area contributed by atoms with Crippen molar-refractivity contribution in [3.8, 4) is 10.6 Å². The summed E-state index contributed by atoms with van der Waals surface area (Å²) in [7, 11) is -2.18. The third-order valence-electron chi connectivity index (χ3n) is 9.30. The van der Waals surface area contributed by atoms with E-state index in [0.717, 1.165) is 35.4 Å². The van der Waals surface area contributed by atoms with Gasteiger partial charge in [-0.2, -0.15) is 0 Å². The highest BCUT2D eigenvalue weighted by Gasteiger charge is 2.62. The summed E-state index contributed by atoms with van der Waals surface area (Å²) in [5.74, 6) is -3.88. The SMILES string of the molecule is C=CCCCCN(C)C(=O)[C@@H]1C[C@H](OC(=O)Nc2cc(C)ccc2-c2nccs2)C[C@H]1C(=O)N[C@]1(C(=O)NS(=O)(=O)C2CC2)C[C@H]1C=C. The molecule has 1 aromatic heterocycles. The zero-order chi connectivity index (χ0) is 34.6. The predicted octanol–water partition coefficient (Wildman–Crippen LogP) is 4.55. The molecule has 48 heavy (non-hydrogen) atoms. The average molecular weight is 698 g/mol. The van der Waals surface area contributed by atoms with Crippen LogP contribution in [0.4, 0.5) is 10.5 Å². The van der Waals surface area contributed by atoms with E-state index in [1.54, 1.807) is 18.1 Å². The molecule has 3 fully saturated rings. The highest BCUT2D eigenvalue weighted by atomic mass is 32.2. The van der Waals surface area contributed by atoms with Crippen LogP contribution in [0.15, 0.2) is 55.1 Å². The zero-order valence-corrected chi connectivity index (χ0v) is 28.9. The fourth-order valence-corrected chi connectivity index (χ4v) is 8.35. The third kappa shape index (κ3) is 7.97. The number of nitrogens with one attached hydrogen (secondary N) is 3. The van der Waals surface area contributed by atoms with Crippen LogP contribution in [0.2, 0.25) is 0 Å². The van der Waals surface area contributed by atoms with Crippen LogP contribution in [0.3, 0.4) is 0 Å². The Morgan fingerprint density at radius 2 is 1.90 bits per heavy atom. The molecular formula is C34H43N5O7S2. The number of ether oxygens (including phenoxy) is 1. The van der Waals surface area contributed by atoms with Gasteiger partial charge in [0.15, 0.2) is 0 Å². The van der Waals surface area contributed by atoms with Crippen LogP contribution in [0, 0.1) is 24.7 Å². The summed E-state index contributed by atoms with van der Waals surface area (Å²) in [5.41, 5.74) is 0.688. The Labute approximate surface area is 285 Å². The standard InChI is InChI=1S/C34H43N5O7S2/c1-5-7-8-9-15-39(4)31(41)27-19-23(46-33(43)36-28-17-21(3)10-13-25(28)30-35-14-16-47-30)18-26(27)29(40)37-34(20-22(34)6-2)32(42)38-48(44,45)24-11-12-24/h5-6,10,13-14,16-17,22-24,26-27H,1-2,7-9,11-12,15,18-20H2,3-4H3,(H,36,43)(H,37,40)(H,38,42)/t22-,23-,26-,27-,34-/m1/s1. The molecule has 1 heterocycles. The fraction of sp³-hybridized carbons (Fsp3) is 0.500. The lowest BCUT2D eigenvalue weighted by atomic mass is 9.93. The molecule has 0 radical (unpaired) electrons. The Morgan fingerprint density at radius 3 is 2.54 bits per heavy atom. The van der Waals surface area contributed by atoms with Crippen molar-refractivity contribution in [1.82, 2.24) is 19.9 Å². The number of aromatic nitrogens is 1. The van der Waals surface area contributed by atoms with E-state index < -0.39 is 62.6 Å². The lowest BCUT2D eigenvalue weighted by Gasteiger charge is -2.26. The third-order valence-corrected chi connectivity index (χ3v) is 11.9. The highest BCUT2D eigenvalue weighted by molar-refractivity contribution is 7.91. The number of anilines is 1. The molecule has 3 aliphatic carbocycles. The molecule has 2 aromatic rings. The number of carbonyl (C=O) groups excluding carboxylic acids is 4. The van der Waals surface area contributed by atoms with Gasteiger partial charge in [0.1, 0.15) is 16.7 Å². The van der Waals surface area contributed by atoms with Gasteiger partial charge in [-0.25, -0.2) is 18.2 Å².